The molecule has 2 heteroatoms. The fourth-order valence-electron chi connectivity index (χ4n) is 1.80. The van der Waals surface area contributed by atoms with Gasteiger partial charge in [0.25, 0.3) is 0 Å². The molecule has 0 radical (unpaired) electrons. The van der Waals surface area contributed by atoms with Crippen LogP contribution in [0, 0.1) is 0 Å². The smallest absolute Gasteiger partial charge is 0.0876 e. The lowest BCUT2D eigenvalue weighted by Crippen LogP contribution is -1.86. The fraction of sp³-hybridized carbons (Fsp3) is 0.143. The molecule has 80 valence electrons. The largest absolute Gasteiger partial charge is 0.107 e. The summed E-state index contributed by atoms with van der Waals surface area (Å²) < 4.78 is 0. The van der Waals surface area contributed by atoms with Gasteiger partial charge < -0.3 is 0 Å². The molecule has 0 bridgehead atoms. The van der Waals surface area contributed by atoms with Gasteiger partial charge in [0.15, 0.2) is 0 Å². The highest BCUT2D eigenvalue weighted by Crippen LogP contribution is 2.22. The molecule has 2 aromatic rings. The molecule has 2 aromatic carbocycles. The molecular weight excluding hydrogens is 259 g/mol. The van der Waals surface area contributed by atoms with Crippen LogP contribution in [0.3, 0.4) is 0 Å². The molecule has 0 amide bonds. The van der Waals surface area contributed by atoms with Crippen LogP contribution in [0.15, 0.2) is 48.5 Å². The second-order valence-electron chi connectivity index (χ2n) is 3.89. The van der Waals surface area contributed by atoms with Crippen LogP contribution >= 0.6 is 15.9 Å². The number of halogens is 1. The zero-order valence-corrected chi connectivity index (χ0v) is 11.0. The summed E-state index contributed by atoms with van der Waals surface area (Å²) in [4.78, 5) is 0. The van der Waals surface area contributed by atoms with Gasteiger partial charge >= 0.3 is 0 Å². The van der Waals surface area contributed by atoms with Gasteiger partial charge in [-0.1, -0.05) is 76.3 Å². The molecule has 0 fully saturated rings. The first-order chi connectivity index (χ1) is 7.83. The Morgan fingerprint density at radius 2 is 1.44 bits per heavy atom. The Morgan fingerprint density at radius 1 is 0.875 bits per heavy atom. The third-order valence-corrected chi connectivity index (χ3v) is 3.40. The van der Waals surface area contributed by atoms with Crippen LogP contribution in [0.5, 0.6) is 0 Å². The van der Waals surface area contributed by atoms with Gasteiger partial charge in [0.2, 0.25) is 0 Å². The molecule has 0 saturated heterocycles. The van der Waals surface area contributed by atoms with E-state index in [2.05, 4.69) is 72.3 Å². The zero-order valence-electron chi connectivity index (χ0n) is 9.41. The molecule has 0 heterocycles. The van der Waals surface area contributed by atoms with Gasteiger partial charge in [0, 0.05) is 5.33 Å². The topological polar surface area (TPSA) is 0 Å². The number of alkyl halides is 1. The molecule has 16 heavy (non-hydrogen) atoms. The van der Waals surface area contributed by atoms with Crippen molar-refractivity contribution < 1.29 is 0 Å². The van der Waals surface area contributed by atoms with Crippen LogP contribution in [-0.2, 0) is 11.7 Å². The molecule has 0 spiro atoms. The maximum atomic E-state index is 3.49. The predicted molar refractivity (Wildman–Crippen MR) is 76.8 cm³/mol. The van der Waals surface area contributed by atoms with Gasteiger partial charge in [-0.2, -0.15) is 0 Å². The number of benzene rings is 2. The van der Waals surface area contributed by atoms with Crippen molar-refractivity contribution in [3.63, 3.8) is 0 Å². The minimum absolute atomic E-state index is 0.911. The lowest BCUT2D eigenvalue weighted by Gasteiger charge is -2.05. The van der Waals surface area contributed by atoms with E-state index in [-0.39, 0.29) is 0 Å². The van der Waals surface area contributed by atoms with E-state index in [0.29, 0.717) is 0 Å². The molecule has 2 rings (SSSR count). The summed E-state index contributed by atoms with van der Waals surface area (Å²) in [6, 6.07) is 17.4. The third-order valence-electron chi connectivity index (χ3n) is 2.75. The van der Waals surface area contributed by atoms with Crippen LogP contribution in [0.4, 0.5) is 0 Å². The first kappa shape index (κ1) is 11.5. The summed E-state index contributed by atoms with van der Waals surface area (Å²) in [5.41, 5.74) is 5.32. The molecule has 0 aliphatic heterocycles. The second-order valence-corrected chi connectivity index (χ2v) is 4.45. The Morgan fingerprint density at radius 3 is 2.00 bits per heavy atom. The minimum Gasteiger partial charge on any atom is -0.0876 e. The van der Waals surface area contributed by atoms with E-state index < -0.39 is 0 Å². The SMILES string of the molecule is BCc1cccc(-c2cccc(CBr)c2)c1. The van der Waals surface area contributed by atoms with Crippen LogP contribution in [-0.4, -0.2) is 7.85 Å². The van der Waals surface area contributed by atoms with Gasteiger partial charge in [0.1, 0.15) is 7.85 Å². The lowest BCUT2D eigenvalue weighted by molar-refractivity contribution is 1.39. The van der Waals surface area contributed by atoms with Crippen LogP contribution in [0.1, 0.15) is 11.1 Å². The summed E-state index contributed by atoms with van der Waals surface area (Å²) in [7, 11) is 2.19. The van der Waals surface area contributed by atoms with Crippen molar-refractivity contribution in [1.82, 2.24) is 0 Å². The van der Waals surface area contributed by atoms with Crippen LogP contribution in [0.2, 0.25) is 0 Å². The summed E-state index contributed by atoms with van der Waals surface area (Å²) >= 11 is 3.49. The van der Waals surface area contributed by atoms with E-state index in [0.717, 1.165) is 11.7 Å². The van der Waals surface area contributed by atoms with Crippen molar-refractivity contribution in [2.45, 2.75) is 11.7 Å². The maximum Gasteiger partial charge on any atom is 0.107 e. The molecule has 0 aromatic heterocycles. The molecule has 0 nitrogen and oxygen atoms in total. The fourth-order valence-corrected chi connectivity index (χ4v) is 2.15. The molecule has 0 N–H and O–H groups in total. The van der Waals surface area contributed by atoms with Crippen molar-refractivity contribution in [1.29, 1.82) is 0 Å². The highest BCUT2D eigenvalue weighted by atomic mass is 79.9. The van der Waals surface area contributed by atoms with Gasteiger partial charge in [-0.05, 0) is 16.7 Å². The van der Waals surface area contributed by atoms with E-state index in [9.17, 15) is 0 Å². The van der Waals surface area contributed by atoms with Gasteiger partial charge in [-0.3, -0.25) is 0 Å². The van der Waals surface area contributed by atoms with E-state index in [1.54, 1.807) is 0 Å². The summed E-state index contributed by atoms with van der Waals surface area (Å²) in [6.07, 6.45) is 1.09. The van der Waals surface area contributed by atoms with E-state index in [1.165, 1.54) is 22.3 Å². The zero-order chi connectivity index (χ0) is 11.4. The van der Waals surface area contributed by atoms with Crippen molar-refractivity contribution in [2.24, 2.45) is 0 Å². The van der Waals surface area contributed by atoms with Crippen LogP contribution < -0.4 is 0 Å². The molecule has 0 unspecified atom stereocenters. The Hall–Kier alpha value is -1.02. The molecule has 0 saturated carbocycles. The Labute approximate surface area is 106 Å². The first-order valence-corrected chi connectivity index (χ1v) is 6.70. The summed E-state index contributed by atoms with van der Waals surface area (Å²) in [6.45, 7) is 0. The number of rotatable bonds is 3. The van der Waals surface area contributed by atoms with Crippen molar-refractivity contribution in [3.05, 3.63) is 59.7 Å². The van der Waals surface area contributed by atoms with Crippen molar-refractivity contribution >= 4 is 23.8 Å². The molecule has 0 aliphatic rings. The second kappa shape index (κ2) is 5.35. The molecule has 0 atom stereocenters. The number of hydrogen-bond donors (Lipinski definition) is 0. The third kappa shape index (κ3) is 2.56. The van der Waals surface area contributed by atoms with Gasteiger partial charge in [-0.15, -0.1) is 0 Å². The molecule has 0 aliphatic carbocycles. The highest BCUT2D eigenvalue weighted by molar-refractivity contribution is 9.08. The standard InChI is InChI=1S/C14H14BBr/c15-9-11-3-1-5-13(7-11)14-6-2-4-12(8-14)10-16/h1-8H,9-10,15H2. The normalized spacial score (nSPS) is 10.3. The minimum atomic E-state index is 0.911. The number of hydrogen-bond acceptors (Lipinski definition) is 0. The first-order valence-electron chi connectivity index (χ1n) is 5.57. The monoisotopic (exact) mass is 272 g/mol. The summed E-state index contributed by atoms with van der Waals surface area (Å²) in [5, 5.41) is 0.911. The predicted octanol–water partition coefficient (Wildman–Crippen LogP) is 3.38. The van der Waals surface area contributed by atoms with Crippen molar-refractivity contribution in [3.8, 4) is 11.1 Å². The summed E-state index contributed by atoms with van der Waals surface area (Å²) in [5.74, 6) is 0. The average molecular weight is 273 g/mol. The molecular formula is C14H14BBr. The van der Waals surface area contributed by atoms with Crippen LogP contribution in [0.25, 0.3) is 11.1 Å². The van der Waals surface area contributed by atoms with Gasteiger partial charge in [-0.25, -0.2) is 0 Å². The lowest BCUT2D eigenvalue weighted by atomic mass is 9.94. The van der Waals surface area contributed by atoms with E-state index in [4.69, 9.17) is 0 Å². The average Bonchev–Trinajstić information content (AvgIpc) is 2.39. The van der Waals surface area contributed by atoms with Gasteiger partial charge in [0.05, 0.1) is 0 Å². The maximum absolute atomic E-state index is 3.49. The Balaban J connectivity index is 2.41. The Bertz CT molecular complexity index is 434. The highest BCUT2D eigenvalue weighted by Gasteiger charge is 1.99. The van der Waals surface area contributed by atoms with E-state index in [1.807, 2.05) is 0 Å². The Kier molecular flexibility index (Phi) is 3.84. The van der Waals surface area contributed by atoms with Crippen molar-refractivity contribution in [2.75, 3.05) is 0 Å². The quantitative estimate of drug-likeness (QED) is 0.594. The van der Waals surface area contributed by atoms with E-state index >= 15 is 0 Å².